The van der Waals surface area contributed by atoms with E-state index in [1.165, 1.54) is 18.6 Å². The van der Waals surface area contributed by atoms with Crippen molar-refractivity contribution in [2.75, 3.05) is 24.7 Å². The summed E-state index contributed by atoms with van der Waals surface area (Å²) in [5.41, 5.74) is 0.139. The fourth-order valence-corrected chi connectivity index (χ4v) is 5.67. The first-order valence-corrected chi connectivity index (χ1v) is 11.9. The molecule has 1 aliphatic carbocycles. The van der Waals surface area contributed by atoms with E-state index < -0.39 is 28.3 Å². The molecule has 0 aromatic carbocycles. The van der Waals surface area contributed by atoms with Gasteiger partial charge in [0.2, 0.25) is 0 Å². The molecular weight excluding hydrogens is 412 g/mol. The number of ether oxygens (including phenoxy) is 1. The highest BCUT2D eigenvalue weighted by molar-refractivity contribution is 7.91. The number of hydrogen-bond donors (Lipinski definition) is 1. The van der Waals surface area contributed by atoms with Gasteiger partial charge in [0, 0.05) is 31.0 Å². The van der Waals surface area contributed by atoms with Crippen LogP contribution in [0.15, 0.2) is 18.6 Å². The Kier molecular flexibility index (Phi) is 7.35. The normalized spacial score (nSPS) is 20.6. The fourth-order valence-electron chi connectivity index (χ4n) is 3.96. The van der Waals surface area contributed by atoms with Crippen molar-refractivity contribution in [3.63, 3.8) is 0 Å². The maximum absolute atomic E-state index is 12.8. The van der Waals surface area contributed by atoms with Crippen LogP contribution in [0.2, 0.25) is 0 Å². The van der Waals surface area contributed by atoms with E-state index in [2.05, 4.69) is 15.3 Å². The Balaban J connectivity index is 1.46. The van der Waals surface area contributed by atoms with E-state index >= 15 is 0 Å². The number of hydrogen-bond acceptors (Lipinski definition) is 8. The molecule has 2 amide bonds. The Morgan fingerprint density at radius 2 is 1.90 bits per heavy atom. The summed E-state index contributed by atoms with van der Waals surface area (Å²) in [5.74, 6) is -1.38. The summed E-state index contributed by atoms with van der Waals surface area (Å²) in [6, 6.07) is -0.351. The SMILES string of the molecule is O=C(CCNC(=O)c1cnccn1)OCC(=O)N(C1CCCC1)C1CCS(=O)(=O)C1. The molecule has 2 aliphatic rings. The Labute approximate surface area is 175 Å². The molecular formula is C19H26N4O6S. The van der Waals surface area contributed by atoms with Gasteiger partial charge in [0.1, 0.15) is 5.69 Å². The van der Waals surface area contributed by atoms with Crippen molar-refractivity contribution in [2.24, 2.45) is 0 Å². The summed E-state index contributed by atoms with van der Waals surface area (Å²) in [7, 11) is -3.13. The second kappa shape index (κ2) is 9.96. The van der Waals surface area contributed by atoms with E-state index in [1.807, 2.05) is 0 Å². The van der Waals surface area contributed by atoms with Crippen LogP contribution in [0.4, 0.5) is 0 Å². The van der Waals surface area contributed by atoms with Crippen LogP contribution in [-0.4, -0.2) is 77.8 Å². The maximum atomic E-state index is 12.8. The monoisotopic (exact) mass is 438 g/mol. The minimum atomic E-state index is -3.13. The van der Waals surface area contributed by atoms with E-state index in [0.29, 0.717) is 6.42 Å². The number of sulfone groups is 1. The Hall–Kier alpha value is -2.56. The van der Waals surface area contributed by atoms with Gasteiger partial charge in [0.15, 0.2) is 16.4 Å². The molecule has 2 fully saturated rings. The molecule has 0 bridgehead atoms. The molecule has 2 heterocycles. The fraction of sp³-hybridized carbons (Fsp3) is 0.632. The molecule has 1 atom stereocenters. The second-order valence-corrected chi connectivity index (χ2v) is 9.78. The van der Waals surface area contributed by atoms with Gasteiger partial charge < -0.3 is 15.0 Å². The van der Waals surface area contributed by atoms with E-state index in [-0.39, 0.29) is 48.2 Å². The molecule has 1 aromatic heterocycles. The molecule has 1 unspecified atom stereocenters. The zero-order chi connectivity index (χ0) is 21.6. The number of amides is 2. The average molecular weight is 439 g/mol. The Morgan fingerprint density at radius 1 is 1.13 bits per heavy atom. The summed E-state index contributed by atoms with van der Waals surface area (Å²) < 4.78 is 28.8. The highest BCUT2D eigenvalue weighted by Crippen LogP contribution is 2.29. The molecule has 1 N–H and O–H groups in total. The number of carbonyl (C=O) groups is 3. The minimum Gasteiger partial charge on any atom is -0.456 e. The standard InChI is InChI=1S/C19H26N4O6S/c24-17(23(14-3-1-2-4-14)15-6-10-30(27,28)13-15)12-29-18(25)5-7-22-19(26)16-11-20-8-9-21-16/h8-9,11,14-15H,1-7,10,12-13H2,(H,22,26). The zero-order valence-electron chi connectivity index (χ0n) is 16.7. The molecule has 1 saturated carbocycles. The predicted octanol–water partition coefficient (Wildman–Crippen LogP) is 0.0980. The summed E-state index contributed by atoms with van der Waals surface area (Å²) in [5, 5.41) is 2.53. The van der Waals surface area contributed by atoms with E-state index in [9.17, 15) is 22.8 Å². The Bertz CT molecular complexity index is 870. The van der Waals surface area contributed by atoms with Crippen LogP contribution in [-0.2, 0) is 24.2 Å². The lowest BCUT2D eigenvalue weighted by Gasteiger charge is -2.33. The molecule has 1 aliphatic heterocycles. The van der Waals surface area contributed by atoms with Crippen molar-refractivity contribution < 1.29 is 27.5 Å². The van der Waals surface area contributed by atoms with Gasteiger partial charge in [-0.3, -0.25) is 19.4 Å². The molecule has 1 aromatic rings. The number of rotatable bonds is 8. The van der Waals surface area contributed by atoms with Crippen LogP contribution >= 0.6 is 0 Å². The van der Waals surface area contributed by atoms with Crippen molar-refractivity contribution in [3.8, 4) is 0 Å². The predicted molar refractivity (Wildman–Crippen MR) is 106 cm³/mol. The zero-order valence-corrected chi connectivity index (χ0v) is 17.5. The maximum Gasteiger partial charge on any atom is 0.308 e. The van der Waals surface area contributed by atoms with Crippen LogP contribution < -0.4 is 5.32 Å². The molecule has 3 rings (SSSR count). The molecule has 30 heavy (non-hydrogen) atoms. The van der Waals surface area contributed by atoms with Crippen molar-refractivity contribution in [1.29, 1.82) is 0 Å². The quantitative estimate of drug-likeness (QED) is 0.565. The highest BCUT2D eigenvalue weighted by atomic mass is 32.2. The first-order valence-electron chi connectivity index (χ1n) is 10.1. The Morgan fingerprint density at radius 3 is 2.53 bits per heavy atom. The second-order valence-electron chi connectivity index (χ2n) is 7.55. The molecule has 11 heteroatoms. The lowest BCUT2D eigenvalue weighted by atomic mass is 10.1. The third-order valence-electron chi connectivity index (χ3n) is 5.37. The topological polar surface area (TPSA) is 136 Å². The molecule has 10 nitrogen and oxygen atoms in total. The van der Waals surface area contributed by atoms with Crippen LogP contribution in [0.1, 0.15) is 49.0 Å². The van der Waals surface area contributed by atoms with Gasteiger partial charge in [-0.2, -0.15) is 0 Å². The van der Waals surface area contributed by atoms with Gasteiger partial charge in [-0.15, -0.1) is 0 Å². The summed E-state index contributed by atoms with van der Waals surface area (Å²) in [6.07, 6.45) is 8.15. The first kappa shape index (κ1) is 22.1. The first-order chi connectivity index (χ1) is 14.4. The smallest absolute Gasteiger partial charge is 0.308 e. The van der Waals surface area contributed by atoms with Gasteiger partial charge in [0.05, 0.1) is 24.1 Å². The highest BCUT2D eigenvalue weighted by Gasteiger charge is 2.39. The third-order valence-corrected chi connectivity index (χ3v) is 7.13. The van der Waals surface area contributed by atoms with E-state index in [1.54, 1.807) is 4.90 Å². The van der Waals surface area contributed by atoms with Gasteiger partial charge in [-0.1, -0.05) is 12.8 Å². The number of nitrogens with zero attached hydrogens (tertiary/aromatic N) is 3. The lowest BCUT2D eigenvalue weighted by molar-refractivity contribution is -0.154. The molecule has 0 spiro atoms. The number of aromatic nitrogens is 2. The van der Waals surface area contributed by atoms with Crippen molar-refractivity contribution in [1.82, 2.24) is 20.2 Å². The largest absolute Gasteiger partial charge is 0.456 e. The van der Waals surface area contributed by atoms with Crippen molar-refractivity contribution in [2.45, 2.75) is 50.6 Å². The number of carbonyl (C=O) groups excluding carboxylic acids is 3. The number of nitrogens with one attached hydrogen (secondary N) is 1. The molecule has 0 radical (unpaired) electrons. The average Bonchev–Trinajstić information content (AvgIpc) is 3.37. The van der Waals surface area contributed by atoms with E-state index in [4.69, 9.17) is 4.74 Å². The van der Waals surface area contributed by atoms with Gasteiger partial charge >= 0.3 is 5.97 Å². The number of esters is 1. The van der Waals surface area contributed by atoms with Crippen molar-refractivity contribution >= 4 is 27.6 Å². The van der Waals surface area contributed by atoms with Gasteiger partial charge in [0.25, 0.3) is 11.8 Å². The minimum absolute atomic E-state index is 0.000715. The summed E-state index contributed by atoms with van der Waals surface area (Å²) >= 11 is 0. The van der Waals surface area contributed by atoms with Gasteiger partial charge in [-0.25, -0.2) is 13.4 Å². The van der Waals surface area contributed by atoms with Gasteiger partial charge in [-0.05, 0) is 19.3 Å². The summed E-state index contributed by atoms with van der Waals surface area (Å²) in [4.78, 5) is 45.9. The van der Waals surface area contributed by atoms with Crippen molar-refractivity contribution in [3.05, 3.63) is 24.3 Å². The molecule has 1 saturated heterocycles. The van der Waals surface area contributed by atoms with E-state index in [0.717, 1.165) is 25.7 Å². The summed E-state index contributed by atoms with van der Waals surface area (Å²) in [6.45, 7) is -0.389. The third kappa shape index (κ3) is 5.97. The van der Waals surface area contributed by atoms with Crippen LogP contribution in [0, 0.1) is 0 Å². The lowest BCUT2D eigenvalue weighted by Crippen LogP contribution is -2.48. The molecule has 164 valence electrons. The van der Waals surface area contributed by atoms with Crippen LogP contribution in [0.5, 0.6) is 0 Å². The van der Waals surface area contributed by atoms with Crippen LogP contribution in [0.3, 0.4) is 0 Å². The van der Waals surface area contributed by atoms with Crippen LogP contribution in [0.25, 0.3) is 0 Å².